The molecule has 1 saturated heterocycles. The zero-order valence-electron chi connectivity index (χ0n) is 11.7. The lowest BCUT2D eigenvalue weighted by Gasteiger charge is -2.22. The third kappa shape index (κ3) is 5.95. The molecule has 1 atom stereocenters. The van der Waals surface area contributed by atoms with Crippen LogP contribution in [0.15, 0.2) is 6.20 Å². The summed E-state index contributed by atoms with van der Waals surface area (Å²) >= 11 is 1.74. The molecule has 7 heteroatoms. The van der Waals surface area contributed by atoms with Gasteiger partial charge in [-0.15, -0.1) is 36.2 Å². The molecule has 4 nitrogen and oxygen atoms in total. The van der Waals surface area contributed by atoms with Gasteiger partial charge < -0.3 is 10.6 Å². The molecule has 0 saturated carbocycles. The Morgan fingerprint density at radius 2 is 2.30 bits per heavy atom. The number of piperidine rings is 1. The van der Waals surface area contributed by atoms with E-state index in [4.69, 9.17) is 0 Å². The van der Waals surface area contributed by atoms with Gasteiger partial charge in [0.05, 0.1) is 11.0 Å². The molecule has 0 radical (unpaired) electrons. The Hall–Kier alpha value is -0.360. The highest BCUT2D eigenvalue weighted by Gasteiger charge is 2.19. The number of nitrogens with zero attached hydrogens (tertiary/aromatic N) is 1. The number of thiazole rings is 1. The smallest absolute Gasteiger partial charge is 0.237 e. The molecule has 2 N–H and O–H groups in total. The van der Waals surface area contributed by atoms with Gasteiger partial charge in [-0.2, -0.15) is 0 Å². The van der Waals surface area contributed by atoms with Crippen molar-refractivity contribution in [2.45, 2.75) is 45.1 Å². The van der Waals surface area contributed by atoms with Crippen molar-refractivity contribution in [1.82, 2.24) is 15.6 Å². The molecule has 1 aromatic rings. The van der Waals surface area contributed by atoms with Crippen LogP contribution in [0.5, 0.6) is 0 Å². The lowest BCUT2D eigenvalue weighted by Crippen LogP contribution is -2.47. The molecular weight excluding hydrogens is 317 g/mol. The highest BCUT2D eigenvalue weighted by atomic mass is 35.5. The summed E-state index contributed by atoms with van der Waals surface area (Å²) in [4.78, 5) is 17.5. The quantitative estimate of drug-likeness (QED) is 0.865. The Morgan fingerprint density at radius 1 is 1.50 bits per heavy atom. The van der Waals surface area contributed by atoms with Crippen molar-refractivity contribution in [1.29, 1.82) is 0 Å². The van der Waals surface area contributed by atoms with Crippen LogP contribution in [-0.4, -0.2) is 30.0 Å². The van der Waals surface area contributed by atoms with Crippen LogP contribution in [-0.2, 0) is 17.6 Å². The van der Waals surface area contributed by atoms with E-state index in [2.05, 4.69) is 22.5 Å². The second-order valence-electron chi connectivity index (χ2n) is 4.62. The molecule has 1 amide bonds. The first kappa shape index (κ1) is 19.6. The average Bonchev–Trinajstić information content (AvgIpc) is 2.87. The SMILES string of the molecule is CCc1cnc(CCNC(=O)[C@H]2CCCCN2)s1.Cl.Cl. The highest BCUT2D eigenvalue weighted by Crippen LogP contribution is 2.13. The van der Waals surface area contributed by atoms with Gasteiger partial charge in [-0.25, -0.2) is 4.98 Å². The Labute approximate surface area is 137 Å². The highest BCUT2D eigenvalue weighted by molar-refractivity contribution is 7.11. The minimum absolute atomic E-state index is 0. The van der Waals surface area contributed by atoms with Gasteiger partial charge in [0.2, 0.25) is 5.91 Å². The second-order valence-corrected chi connectivity index (χ2v) is 5.82. The Bertz CT molecular complexity index is 395. The van der Waals surface area contributed by atoms with E-state index in [-0.39, 0.29) is 36.8 Å². The van der Waals surface area contributed by atoms with Gasteiger partial charge in [-0.3, -0.25) is 4.79 Å². The molecule has 1 aliphatic heterocycles. The van der Waals surface area contributed by atoms with E-state index < -0.39 is 0 Å². The third-order valence-corrected chi connectivity index (χ3v) is 4.42. The number of carbonyl (C=O) groups excluding carboxylic acids is 1. The molecule has 116 valence electrons. The van der Waals surface area contributed by atoms with Crippen molar-refractivity contribution >= 4 is 42.1 Å². The minimum Gasteiger partial charge on any atom is -0.354 e. The number of hydrogen-bond acceptors (Lipinski definition) is 4. The van der Waals surface area contributed by atoms with Crippen LogP contribution in [0, 0.1) is 0 Å². The fourth-order valence-corrected chi connectivity index (χ4v) is 2.98. The van der Waals surface area contributed by atoms with E-state index >= 15 is 0 Å². The van der Waals surface area contributed by atoms with Gasteiger partial charge in [0.15, 0.2) is 0 Å². The van der Waals surface area contributed by atoms with E-state index in [0.29, 0.717) is 6.54 Å². The third-order valence-electron chi connectivity index (χ3n) is 3.21. The maximum Gasteiger partial charge on any atom is 0.237 e. The molecule has 20 heavy (non-hydrogen) atoms. The number of hydrogen-bond donors (Lipinski definition) is 2. The summed E-state index contributed by atoms with van der Waals surface area (Å²) in [7, 11) is 0. The molecule has 0 spiro atoms. The Morgan fingerprint density at radius 3 is 2.90 bits per heavy atom. The summed E-state index contributed by atoms with van der Waals surface area (Å²) in [5.74, 6) is 0.141. The molecule has 0 unspecified atom stereocenters. The minimum atomic E-state index is 0. The van der Waals surface area contributed by atoms with Gasteiger partial charge in [0.1, 0.15) is 0 Å². The van der Waals surface area contributed by atoms with Crippen molar-refractivity contribution in [2.24, 2.45) is 0 Å². The van der Waals surface area contributed by atoms with Crippen LogP contribution in [0.4, 0.5) is 0 Å². The largest absolute Gasteiger partial charge is 0.354 e. The first-order chi connectivity index (χ1) is 8.79. The predicted octanol–water partition coefficient (Wildman–Crippen LogP) is 2.35. The van der Waals surface area contributed by atoms with Crippen molar-refractivity contribution in [3.05, 3.63) is 16.1 Å². The fourth-order valence-electron chi connectivity index (χ4n) is 2.12. The van der Waals surface area contributed by atoms with E-state index in [9.17, 15) is 4.79 Å². The van der Waals surface area contributed by atoms with Crippen molar-refractivity contribution in [3.63, 3.8) is 0 Å². The molecule has 0 aliphatic carbocycles. The van der Waals surface area contributed by atoms with Crippen molar-refractivity contribution < 1.29 is 4.79 Å². The number of aromatic nitrogens is 1. The Balaban J connectivity index is 0.00000180. The lowest BCUT2D eigenvalue weighted by atomic mass is 10.0. The zero-order chi connectivity index (χ0) is 12.8. The maximum atomic E-state index is 11.9. The van der Waals surface area contributed by atoms with Gasteiger partial charge in [-0.05, 0) is 25.8 Å². The van der Waals surface area contributed by atoms with Crippen LogP contribution in [0.25, 0.3) is 0 Å². The summed E-state index contributed by atoms with van der Waals surface area (Å²) < 4.78 is 0. The van der Waals surface area contributed by atoms with Gasteiger partial charge in [0.25, 0.3) is 0 Å². The molecule has 2 rings (SSSR count). The normalized spacial score (nSPS) is 17.8. The topological polar surface area (TPSA) is 54.0 Å². The number of carbonyl (C=O) groups is 1. The molecule has 1 fully saturated rings. The van der Waals surface area contributed by atoms with E-state index in [1.54, 1.807) is 11.3 Å². The number of halogens is 2. The molecular formula is C13H23Cl2N3OS. The van der Waals surface area contributed by atoms with Crippen molar-refractivity contribution in [2.75, 3.05) is 13.1 Å². The molecule has 0 aromatic carbocycles. The number of rotatable bonds is 5. The lowest BCUT2D eigenvalue weighted by molar-refractivity contribution is -0.123. The predicted molar refractivity (Wildman–Crippen MR) is 88.3 cm³/mol. The van der Waals surface area contributed by atoms with Crippen molar-refractivity contribution in [3.8, 4) is 0 Å². The van der Waals surface area contributed by atoms with Gasteiger partial charge in [-0.1, -0.05) is 13.3 Å². The number of amides is 1. The summed E-state index contributed by atoms with van der Waals surface area (Å²) in [5.41, 5.74) is 0. The molecule has 1 aliphatic rings. The second kappa shape index (κ2) is 10.4. The van der Waals surface area contributed by atoms with Crippen LogP contribution >= 0.6 is 36.2 Å². The number of nitrogens with one attached hydrogen (secondary N) is 2. The summed E-state index contributed by atoms with van der Waals surface area (Å²) in [6, 6.07) is 0.0150. The fraction of sp³-hybridized carbons (Fsp3) is 0.692. The van der Waals surface area contributed by atoms with Gasteiger partial charge in [0, 0.05) is 24.0 Å². The van der Waals surface area contributed by atoms with Crippen LogP contribution in [0.1, 0.15) is 36.1 Å². The standard InChI is InChI=1S/C13H21N3OS.2ClH/c1-2-10-9-16-12(18-10)6-8-15-13(17)11-5-3-4-7-14-11;;/h9,11,14H,2-8H2,1H3,(H,15,17);2*1H/t11-;;/m1../s1. The summed E-state index contributed by atoms with van der Waals surface area (Å²) in [6.45, 7) is 3.78. The van der Waals surface area contributed by atoms with E-state index in [0.717, 1.165) is 37.2 Å². The summed E-state index contributed by atoms with van der Waals surface area (Å²) in [6.07, 6.45) is 7.10. The van der Waals surface area contributed by atoms with Gasteiger partial charge >= 0.3 is 0 Å². The van der Waals surface area contributed by atoms with E-state index in [1.165, 1.54) is 11.3 Å². The average molecular weight is 340 g/mol. The first-order valence-corrected chi connectivity index (χ1v) is 7.56. The zero-order valence-corrected chi connectivity index (χ0v) is 14.1. The number of aryl methyl sites for hydroxylation is 1. The summed E-state index contributed by atoms with van der Waals surface area (Å²) in [5, 5.41) is 7.36. The van der Waals surface area contributed by atoms with Crippen LogP contribution in [0.3, 0.4) is 0 Å². The Kier molecular flexibility index (Phi) is 10.2. The van der Waals surface area contributed by atoms with E-state index in [1.807, 2.05) is 6.20 Å². The van der Waals surface area contributed by atoms with Crippen LogP contribution in [0.2, 0.25) is 0 Å². The molecule has 2 heterocycles. The molecule has 1 aromatic heterocycles. The maximum absolute atomic E-state index is 11.9. The van der Waals surface area contributed by atoms with Crippen LogP contribution < -0.4 is 10.6 Å². The monoisotopic (exact) mass is 339 g/mol. The molecule has 0 bridgehead atoms. The first-order valence-electron chi connectivity index (χ1n) is 6.74.